The van der Waals surface area contributed by atoms with E-state index in [0.29, 0.717) is 0 Å². The molecular formula is C8H9BrN4S2. The maximum absolute atomic E-state index is 4.33. The van der Waals surface area contributed by atoms with Gasteiger partial charge in [-0.05, 0) is 22.9 Å². The predicted molar refractivity (Wildman–Crippen MR) is 65.1 cm³/mol. The third-order valence-corrected chi connectivity index (χ3v) is 4.84. The number of halogens is 1. The molecule has 0 aliphatic carbocycles. The summed E-state index contributed by atoms with van der Waals surface area (Å²) in [6, 6.07) is 0. The van der Waals surface area contributed by atoms with Crippen LogP contribution in [0.1, 0.15) is 11.4 Å². The van der Waals surface area contributed by atoms with Crippen molar-refractivity contribution in [3.63, 3.8) is 0 Å². The highest BCUT2D eigenvalue weighted by atomic mass is 79.9. The quantitative estimate of drug-likeness (QED) is 0.818. The number of aryl methyl sites for hydroxylation is 2. The Hall–Kier alpha value is -0.400. The van der Waals surface area contributed by atoms with Gasteiger partial charge in [0.25, 0.3) is 0 Å². The first kappa shape index (κ1) is 11.1. The van der Waals surface area contributed by atoms with E-state index in [1.54, 1.807) is 28.6 Å². The van der Waals surface area contributed by atoms with Gasteiger partial charge in [-0.25, -0.2) is 0 Å². The first-order valence-electron chi connectivity index (χ1n) is 4.25. The van der Waals surface area contributed by atoms with Gasteiger partial charge in [0.05, 0.1) is 15.9 Å². The summed E-state index contributed by atoms with van der Waals surface area (Å²) in [5.74, 6) is 0.854. The summed E-state index contributed by atoms with van der Waals surface area (Å²) in [6.45, 7) is 1.99. The molecule has 80 valence electrons. The highest BCUT2D eigenvalue weighted by molar-refractivity contribution is 9.10. The maximum Gasteiger partial charge on any atom is 0.174 e. The third-order valence-electron chi connectivity index (χ3n) is 1.93. The Morgan fingerprint density at radius 2 is 2.40 bits per heavy atom. The average molecular weight is 305 g/mol. The van der Waals surface area contributed by atoms with Crippen LogP contribution >= 0.6 is 39.0 Å². The normalized spacial score (nSPS) is 10.9. The van der Waals surface area contributed by atoms with E-state index in [1.165, 1.54) is 5.69 Å². The highest BCUT2D eigenvalue weighted by Crippen LogP contribution is 2.28. The molecule has 7 heteroatoms. The van der Waals surface area contributed by atoms with Crippen molar-refractivity contribution in [2.75, 3.05) is 0 Å². The summed E-state index contributed by atoms with van der Waals surface area (Å²) in [5.41, 5.74) is 3.93. The Morgan fingerprint density at radius 1 is 1.60 bits per heavy atom. The molecule has 0 N–H and O–H groups in total. The van der Waals surface area contributed by atoms with Crippen LogP contribution in [0.25, 0.3) is 0 Å². The van der Waals surface area contributed by atoms with Crippen molar-refractivity contribution in [3.05, 3.63) is 21.4 Å². The van der Waals surface area contributed by atoms with Crippen molar-refractivity contribution in [1.82, 2.24) is 20.0 Å². The monoisotopic (exact) mass is 304 g/mol. The zero-order valence-electron chi connectivity index (χ0n) is 8.27. The van der Waals surface area contributed by atoms with Gasteiger partial charge in [0.1, 0.15) is 5.51 Å². The van der Waals surface area contributed by atoms with Gasteiger partial charge in [-0.2, -0.15) is 5.10 Å². The van der Waals surface area contributed by atoms with Crippen molar-refractivity contribution in [2.24, 2.45) is 7.05 Å². The second kappa shape index (κ2) is 4.63. The topological polar surface area (TPSA) is 43.6 Å². The van der Waals surface area contributed by atoms with E-state index in [-0.39, 0.29) is 0 Å². The van der Waals surface area contributed by atoms with Crippen molar-refractivity contribution in [3.8, 4) is 0 Å². The van der Waals surface area contributed by atoms with E-state index >= 15 is 0 Å². The van der Waals surface area contributed by atoms with Crippen molar-refractivity contribution >= 4 is 39.0 Å². The van der Waals surface area contributed by atoms with Crippen LogP contribution in [0.2, 0.25) is 0 Å². The Kier molecular flexibility index (Phi) is 3.42. The van der Waals surface area contributed by atoms with Gasteiger partial charge >= 0.3 is 0 Å². The van der Waals surface area contributed by atoms with Crippen molar-refractivity contribution in [2.45, 2.75) is 17.0 Å². The van der Waals surface area contributed by atoms with E-state index in [1.807, 2.05) is 18.7 Å². The van der Waals surface area contributed by atoms with Crippen LogP contribution in [0.15, 0.2) is 14.3 Å². The van der Waals surface area contributed by atoms with Crippen LogP contribution in [-0.4, -0.2) is 20.0 Å². The molecule has 0 bridgehead atoms. The second-order valence-corrected chi connectivity index (χ2v) is 5.81. The summed E-state index contributed by atoms with van der Waals surface area (Å²) in [7, 11) is 1.95. The lowest BCUT2D eigenvalue weighted by Crippen LogP contribution is -1.96. The molecule has 2 aromatic rings. The molecule has 0 unspecified atom stereocenters. The Bertz CT molecular complexity index is 451. The minimum Gasteiger partial charge on any atom is -0.270 e. The van der Waals surface area contributed by atoms with Gasteiger partial charge in [0, 0.05) is 12.8 Å². The maximum atomic E-state index is 4.33. The summed E-state index contributed by atoms with van der Waals surface area (Å²) >= 11 is 6.77. The number of nitrogens with zero attached hydrogens (tertiary/aromatic N) is 4. The van der Waals surface area contributed by atoms with Crippen LogP contribution in [0, 0.1) is 6.92 Å². The summed E-state index contributed by atoms with van der Waals surface area (Å²) in [5, 5.41) is 12.1. The number of hydrogen-bond acceptors (Lipinski definition) is 5. The average Bonchev–Trinajstić information content (AvgIpc) is 2.76. The second-order valence-electron chi connectivity index (χ2n) is 2.96. The van der Waals surface area contributed by atoms with Gasteiger partial charge in [-0.15, -0.1) is 10.2 Å². The van der Waals surface area contributed by atoms with E-state index < -0.39 is 0 Å². The first-order chi connectivity index (χ1) is 7.18. The highest BCUT2D eigenvalue weighted by Gasteiger charge is 2.11. The first-order valence-corrected chi connectivity index (χ1v) is 6.91. The van der Waals surface area contributed by atoms with Gasteiger partial charge in [-0.1, -0.05) is 23.1 Å². The molecule has 0 amide bonds. The molecule has 0 spiro atoms. The van der Waals surface area contributed by atoms with Gasteiger partial charge in [-0.3, -0.25) is 4.68 Å². The molecule has 0 aromatic carbocycles. The molecule has 0 atom stereocenters. The SMILES string of the molecule is Cc1nn(C)c(CSc2nncs2)c1Br. The lowest BCUT2D eigenvalue weighted by atomic mass is 10.4. The molecule has 0 saturated carbocycles. The van der Waals surface area contributed by atoms with E-state index in [2.05, 4.69) is 31.2 Å². The molecule has 2 heterocycles. The van der Waals surface area contributed by atoms with Crippen LogP contribution in [0.4, 0.5) is 0 Å². The molecule has 0 radical (unpaired) electrons. The molecule has 2 rings (SSSR count). The van der Waals surface area contributed by atoms with Gasteiger partial charge < -0.3 is 0 Å². The minimum absolute atomic E-state index is 0.854. The zero-order valence-corrected chi connectivity index (χ0v) is 11.5. The fourth-order valence-corrected chi connectivity index (χ4v) is 3.41. The third kappa shape index (κ3) is 2.40. The molecular weight excluding hydrogens is 296 g/mol. The molecule has 0 fully saturated rings. The molecule has 15 heavy (non-hydrogen) atoms. The molecule has 0 saturated heterocycles. The van der Waals surface area contributed by atoms with Gasteiger partial charge in [0.2, 0.25) is 0 Å². The number of aromatic nitrogens is 4. The number of hydrogen-bond donors (Lipinski definition) is 0. The Labute approximate surface area is 104 Å². The fraction of sp³-hybridized carbons (Fsp3) is 0.375. The van der Waals surface area contributed by atoms with Crippen LogP contribution < -0.4 is 0 Å². The fourth-order valence-electron chi connectivity index (χ4n) is 1.19. The zero-order chi connectivity index (χ0) is 10.8. The predicted octanol–water partition coefficient (Wildman–Crippen LogP) is 2.63. The van der Waals surface area contributed by atoms with Crippen molar-refractivity contribution < 1.29 is 0 Å². The van der Waals surface area contributed by atoms with E-state index in [4.69, 9.17) is 0 Å². The standard InChI is InChI=1S/C8H9BrN4S2/c1-5-7(9)6(13(2)12-5)3-14-8-11-10-4-15-8/h4H,3H2,1-2H3. The largest absolute Gasteiger partial charge is 0.270 e. The summed E-state index contributed by atoms with van der Waals surface area (Å²) < 4.78 is 3.97. The van der Waals surface area contributed by atoms with Crippen LogP contribution in [0.3, 0.4) is 0 Å². The lowest BCUT2D eigenvalue weighted by molar-refractivity contribution is 0.727. The molecule has 2 aromatic heterocycles. The lowest BCUT2D eigenvalue weighted by Gasteiger charge is -1.99. The van der Waals surface area contributed by atoms with Crippen LogP contribution in [0.5, 0.6) is 0 Å². The Balaban J connectivity index is 2.11. The Morgan fingerprint density at radius 3 is 2.93 bits per heavy atom. The van der Waals surface area contributed by atoms with E-state index in [0.717, 1.165) is 20.3 Å². The molecule has 0 aliphatic heterocycles. The summed E-state index contributed by atoms with van der Waals surface area (Å²) in [4.78, 5) is 0. The summed E-state index contributed by atoms with van der Waals surface area (Å²) in [6.07, 6.45) is 0. The van der Waals surface area contributed by atoms with Crippen molar-refractivity contribution in [1.29, 1.82) is 0 Å². The van der Waals surface area contributed by atoms with Crippen LogP contribution in [-0.2, 0) is 12.8 Å². The number of rotatable bonds is 3. The van der Waals surface area contributed by atoms with Gasteiger partial charge in [0.15, 0.2) is 4.34 Å². The molecule has 4 nitrogen and oxygen atoms in total. The smallest absolute Gasteiger partial charge is 0.174 e. The van der Waals surface area contributed by atoms with E-state index in [9.17, 15) is 0 Å². The minimum atomic E-state index is 0.854. The molecule has 0 aliphatic rings. The number of thioether (sulfide) groups is 1.